The largest absolute Gasteiger partial charge is 0.352 e. The fourth-order valence-corrected chi connectivity index (χ4v) is 9.81. The first-order chi connectivity index (χ1) is 28.7. The van der Waals surface area contributed by atoms with Gasteiger partial charge in [0.05, 0.1) is 50.5 Å². The summed E-state index contributed by atoms with van der Waals surface area (Å²) in [5, 5.41) is 11.4. The molecule has 1 N–H and O–H groups in total. The van der Waals surface area contributed by atoms with Gasteiger partial charge >= 0.3 is 0 Å². The maximum Gasteiger partial charge on any atom is 0.0979 e. The van der Waals surface area contributed by atoms with Crippen LogP contribution in [0.5, 0.6) is 0 Å². The quantitative estimate of drug-likeness (QED) is 0.191. The highest BCUT2D eigenvalue weighted by Crippen LogP contribution is 2.52. The Morgan fingerprint density at radius 1 is 0.603 bits per heavy atom. The number of nitrogens with one attached hydrogen (secondary N) is 1. The molecule has 8 aromatic carbocycles. The lowest BCUT2D eigenvalue weighted by Crippen LogP contribution is -2.12. The van der Waals surface area contributed by atoms with E-state index in [-0.39, 0.29) is 0 Å². The summed E-state index contributed by atoms with van der Waals surface area (Å²) < 4.78 is 2.50. The molecule has 3 heterocycles. The molecule has 58 heavy (non-hydrogen) atoms. The molecular weight excluding hydrogens is 705 g/mol. The molecule has 4 heteroatoms. The summed E-state index contributed by atoms with van der Waals surface area (Å²) >= 11 is 0. The maximum absolute atomic E-state index is 5.30. The first kappa shape index (κ1) is 32.9. The molecule has 1 atom stereocenters. The number of hydrogen-bond acceptors (Lipinski definition) is 3. The van der Waals surface area contributed by atoms with Crippen molar-refractivity contribution in [2.45, 2.75) is 19.8 Å². The molecule has 1 unspecified atom stereocenters. The van der Waals surface area contributed by atoms with E-state index in [1.54, 1.807) is 0 Å². The average Bonchev–Trinajstić information content (AvgIpc) is 3.65. The first-order valence-electron chi connectivity index (χ1n) is 20.4. The lowest BCUT2D eigenvalue weighted by atomic mass is 9.80. The van der Waals surface area contributed by atoms with Crippen LogP contribution < -0.4 is 5.32 Å². The summed E-state index contributed by atoms with van der Waals surface area (Å²) in [6.07, 6.45) is 9.07. The number of fused-ring (bicyclic) bond motifs is 9. The SMILES string of the molecule is CCC1CC=CC=C1c1c2c3c(c4cc(-c5ccc(-c6nc7ccccc7nc6-c6ccccc6)c6ccccc56)ccc14)c1ccccc1n3-c1ccccc1N2. The van der Waals surface area contributed by atoms with Crippen molar-refractivity contribution in [2.24, 2.45) is 5.92 Å². The zero-order valence-electron chi connectivity index (χ0n) is 32.1. The van der Waals surface area contributed by atoms with Gasteiger partial charge < -0.3 is 9.88 Å². The summed E-state index contributed by atoms with van der Waals surface area (Å²) in [7, 11) is 0. The van der Waals surface area contributed by atoms with E-state index in [9.17, 15) is 0 Å². The third-order valence-corrected chi connectivity index (χ3v) is 12.5. The fourth-order valence-electron chi connectivity index (χ4n) is 9.81. The third-order valence-electron chi connectivity index (χ3n) is 12.5. The number of aromatic nitrogens is 3. The van der Waals surface area contributed by atoms with Crippen molar-refractivity contribution in [1.29, 1.82) is 0 Å². The molecule has 1 aliphatic carbocycles. The van der Waals surface area contributed by atoms with Crippen molar-refractivity contribution in [2.75, 3.05) is 5.32 Å². The van der Waals surface area contributed by atoms with Crippen LogP contribution >= 0.6 is 0 Å². The van der Waals surface area contributed by atoms with Crippen LogP contribution in [0.15, 0.2) is 176 Å². The number of nitrogens with zero attached hydrogens (tertiary/aromatic N) is 3. The van der Waals surface area contributed by atoms with Gasteiger partial charge in [-0.1, -0.05) is 146 Å². The van der Waals surface area contributed by atoms with Crippen LogP contribution in [0.25, 0.3) is 99.3 Å². The van der Waals surface area contributed by atoms with E-state index in [2.05, 4.69) is 168 Å². The zero-order chi connectivity index (χ0) is 38.3. The van der Waals surface area contributed by atoms with Gasteiger partial charge in [0.2, 0.25) is 0 Å². The second kappa shape index (κ2) is 12.9. The van der Waals surface area contributed by atoms with E-state index in [4.69, 9.17) is 9.97 Å². The van der Waals surface area contributed by atoms with Gasteiger partial charge in [0.25, 0.3) is 0 Å². The highest BCUT2D eigenvalue weighted by atomic mass is 15.1. The third kappa shape index (κ3) is 4.81. The van der Waals surface area contributed by atoms with Gasteiger partial charge in [-0.2, -0.15) is 0 Å². The molecule has 0 saturated carbocycles. The zero-order valence-corrected chi connectivity index (χ0v) is 32.1. The van der Waals surface area contributed by atoms with Gasteiger partial charge in [-0.3, -0.25) is 0 Å². The van der Waals surface area contributed by atoms with Gasteiger partial charge in [0, 0.05) is 27.5 Å². The number of rotatable bonds is 5. The highest BCUT2D eigenvalue weighted by molar-refractivity contribution is 6.29. The van der Waals surface area contributed by atoms with E-state index in [0.29, 0.717) is 5.92 Å². The van der Waals surface area contributed by atoms with Gasteiger partial charge in [-0.25, -0.2) is 9.97 Å². The second-order valence-corrected chi connectivity index (χ2v) is 15.6. The molecule has 0 amide bonds. The van der Waals surface area contributed by atoms with Crippen molar-refractivity contribution >= 4 is 71.3 Å². The Hall–Kier alpha value is -7.30. The van der Waals surface area contributed by atoms with Crippen LogP contribution in [0, 0.1) is 5.92 Å². The maximum atomic E-state index is 5.30. The molecule has 12 rings (SSSR count). The molecule has 274 valence electrons. The molecule has 4 nitrogen and oxygen atoms in total. The van der Waals surface area contributed by atoms with E-state index in [1.165, 1.54) is 71.6 Å². The molecule has 2 aliphatic rings. The Bertz CT molecular complexity index is 3390. The van der Waals surface area contributed by atoms with Gasteiger partial charge in [0.1, 0.15) is 0 Å². The standard InChI is InChI=1S/C54H38N4/c1-2-33-16-6-7-19-37(33)49-40-29-28-35(32-43(40)50-42-22-10-14-26-47(42)58-48-27-15-13-25-46(48)57-53(49)54(50)58)36-30-31-41(39-21-9-8-20-38(36)39)52-51(34-17-4-3-5-18-34)55-44-23-11-12-24-45(44)56-52/h3-15,17-33,57H,2,16H2,1H3. The Morgan fingerprint density at radius 3 is 2.12 bits per heavy atom. The average molecular weight is 743 g/mol. The molecule has 0 saturated heterocycles. The van der Waals surface area contributed by atoms with Crippen molar-refractivity contribution < 1.29 is 0 Å². The Morgan fingerprint density at radius 2 is 1.29 bits per heavy atom. The minimum Gasteiger partial charge on any atom is -0.352 e. The van der Waals surface area contributed by atoms with Crippen molar-refractivity contribution in [3.05, 3.63) is 182 Å². The lowest BCUT2D eigenvalue weighted by Gasteiger charge is -2.29. The van der Waals surface area contributed by atoms with E-state index in [1.807, 2.05) is 24.3 Å². The summed E-state index contributed by atoms with van der Waals surface area (Å²) in [6, 6.07) is 56.8. The van der Waals surface area contributed by atoms with Crippen LogP contribution in [-0.2, 0) is 0 Å². The smallest absolute Gasteiger partial charge is 0.0979 e. The molecule has 2 aromatic heterocycles. The van der Waals surface area contributed by atoms with Crippen molar-refractivity contribution in [3.63, 3.8) is 0 Å². The highest BCUT2D eigenvalue weighted by Gasteiger charge is 2.30. The molecule has 1 aliphatic heterocycles. The normalized spacial score (nSPS) is 14.6. The molecule has 10 aromatic rings. The van der Waals surface area contributed by atoms with Crippen LogP contribution in [0.2, 0.25) is 0 Å². The van der Waals surface area contributed by atoms with Gasteiger partial charge in [-0.05, 0) is 93.4 Å². The monoisotopic (exact) mass is 742 g/mol. The van der Waals surface area contributed by atoms with E-state index in [0.717, 1.165) is 57.5 Å². The van der Waals surface area contributed by atoms with Gasteiger partial charge in [0.15, 0.2) is 0 Å². The topological polar surface area (TPSA) is 42.7 Å². The Labute approximate surface area is 336 Å². The predicted octanol–water partition coefficient (Wildman–Crippen LogP) is 14.5. The minimum atomic E-state index is 0.439. The number of allylic oxidation sites excluding steroid dienone is 4. The molecule has 0 spiro atoms. The molecular formula is C54H38N4. The summed E-state index contributed by atoms with van der Waals surface area (Å²) in [5.74, 6) is 0.439. The van der Waals surface area contributed by atoms with Crippen molar-refractivity contribution in [1.82, 2.24) is 14.5 Å². The van der Waals surface area contributed by atoms with Gasteiger partial charge in [-0.15, -0.1) is 0 Å². The summed E-state index contributed by atoms with van der Waals surface area (Å²) in [4.78, 5) is 10.5. The second-order valence-electron chi connectivity index (χ2n) is 15.6. The van der Waals surface area contributed by atoms with Crippen LogP contribution in [0.3, 0.4) is 0 Å². The molecule has 0 radical (unpaired) electrons. The fraction of sp³-hybridized carbons (Fsp3) is 0.0741. The van der Waals surface area contributed by atoms with Crippen LogP contribution in [0.1, 0.15) is 25.3 Å². The molecule has 0 bridgehead atoms. The number of benzene rings is 8. The Kier molecular flexibility index (Phi) is 7.30. The Balaban J connectivity index is 1.15. The number of anilines is 2. The predicted molar refractivity (Wildman–Crippen MR) is 244 cm³/mol. The molecule has 0 fully saturated rings. The first-order valence-corrected chi connectivity index (χ1v) is 20.4. The van der Waals surface area contributed by atoms with Crippen LogP contribution in [0.4, 0.5) is 11.4 Å². The minimum absolute atomic E-state index is 0.439. The van der Waals surface area contributed by atoms with E-state index >= 15 is 0 Å². The summed E-state index contributed by atoms with van der Waals surface area (Å²) in [5.41, 5.74) is 16.8. The van der Waals surface area contributed by atoms with Crippen LogP contribution in [-0.4, -0.2) is 14.5 Å². The number of para-hydroxylation sites is 5. The summed E-state index contributed by atoms with van der Waals surface area (Å²) in [6.45, 7) is 2.32. The lowest BCUT2D eigenvalue weighted by molar-refractivity contribution is 0.653. The number of hydrogen-bond donors (Lipinski definition) is 1. The van der Waals surface area contributed by atoms with Crippen molar-refractivity contribution in [3.8, 4) is 39.3 Å². The van der Waals surface area contributed by atoms with E-state index < -0.39 is 0 Å².